The van der Waals surface area contributed by atoms with Gasteiger partial charge in [0.05, 0.1) is 4.91 Å². The highest BCUT2D eigenvalue weighted by molar-refractivity contribution is 8.18. The van der Waals surface area contributed by atoms with Crippen LogP contribution in [0.3, 0.4) is 0 Å². The monoisotopic (exact) mass is 286 g/mol. The lowest BCUT2D eigenvalue weighted by atomic mass is 10.0. The molecule has 0 saturated carbocycles. The third kappa shape index (κ3) is 3.03. The first-order valence-electron chi connectivity index (χ1n) is 5.97. The largest absolute Gasteiger partial charge is 0.480 e. The first-order chi connectivity index (χ1) is 9.51. The third-order valence-electron chi connectivity index (χ3n) is 2.67. The molecule has 0 unspecified atom stereocenters. The number of amidine groups is 1. The molecule has 1 aromatic carbocycles. The summed E-state index contributed by atoms with van der Waals surface area (Å²) in [5.41, 5.74) is 8.39. The summed E-state index contributed by atoms with van der Waals surface area (Å²) in [5.74, 6) is 2.79. The molecule has 20 heavy (non-hydrogen) atoms. The lowest BCUT2D eigenvalue weighted by molar-refractivity contribution is -0.113. The number of aliphatic imine (C=N–C) groups is 1. The van der Waals surface area contributed by atoms with E-state index >= 15 is 0 Å². The molecule has 102 valence electrons. The van der Waals surface area contributed by atoms with E-state index in [0.717, 1.165) is 28.5 Å². The van der Waals surface area contributed by atoms with Crippen LogP contribution in [0.25, 0.3) is 6.08 Å². The van der Waals surface area contributed by atoms with Crippen molar-refractivity contribution in [3.63, 3.8) is 0 Å². The second-order valence-corrected chi connectivity index (χ2v) is 5.42. The van der Waals surface area contributed by atoms with Crippen molar-refractivity contribution < 1.29 is 9.53 Å². The van der Waals surface area contributed by atoms with E-state index in [1.807, 2.05) is 26.0 Å². The Bertz CT molecular complexity index is 669. The van der Waals surface area contributed by atoms with E-state index in [2.05, 4.69) is 10.9 Å². The van der Waals surface area contributed by atoms with Gasteiger partial charge in [-0.2, -0.15) is 4.99 Å². The van der Waals surface area contributed by atoms with Crippen LogP contribution in [0, 0.1) is 26.2 Å². The van der Waals surface area contributed by atoms with Crippen LogP contribution in [-0.4, -0.2) is 17.7 Å². The fourth-order valence-corrected chi connectivity index (χ4v) is 2.64. The molecule has 0 aromatic heterocycles. The standard InChI is InChI=1S/C15H14N2O2S/c1-4-5-19-13-10(3)6-9(2)7-11(13)8-12-14(18)17-15(16)20-12/h1,6-8H,5H2,2-3H3,(H2,16,17,18). The number of hydrogen-bond donors (Lipinski definition) is 1. The van der Waals surface area contributed by atoms with Crippen LogP contribution in [0.5, 0.6) is 5.75 Å². The molecule has 1 aliphatic heterocycles. The van der Waals surface area contributed by atoms with E-state index in [9.17, 15) is 4.79 Å². The topological polar surface area (TPSA) is 64.7 Å². The maximum absolute atomic E-state index is 11.7. The maximum atomic E-state index is 11.7. The van der Waals surface area contributed by atoms with Gasteiger partial charge in [-0.05, 0) is 43.3 Å². The van der Waals surface area contributed by atoms with Gasteiger partial charge >= 0.3 is 0 Å². The first-order valence-corrected chi connectivity index (χ1v) is 6.78. The van der Waals surface area contributed by atoms with Gasteiger partial charge in [0, 0.05) is 5.56 Å². The van der Waals surface area contributed by atoms with Crippen LogP contribution in [0.4, 0.5) is 0 Å². The molecular weight excluding hydrogens is 272 g/mol. The average Bonchev–Trinajstić information content (AvgIpc) is 2.66. The summed E-state index contributed by atoms with van der Waals surface area (Å²) >= 11 is 1.16. The number of carbonyl (C=O) groups excluding carboxylic acids is 1. The predicted octanol–water partition coefficient (Wildman–Crippen LogP) is 2.24. The Balaban J connectivity index is 2.43. The summed E-state index contributed by atoms with van der Waals surface area (Å²) in [6.45, 7) is 4.10. The molecule has 2 N–H and O–H groups in total. The van der Waals surface area contributed by atoms with E-state index < -0.39 is 0 Å². The molecule has 1 amide bonds. The average molecular weight is 286 g/mol. The normalized spacial score (nSPS) is 16.1. The number of terminal acetylenes is 1. The lowest BCUT2D eigenvalue weighted by Gasteiger charge is -2.12. The minimum absolute atomic E-state index is 0.180. The van der Waals surface area contributed by atoms with Crippen LogP contribution >= 0.6 is 11.8 Å². The minimum atomic E-state index is -0.324. The van der Waals surface area contributed by atoms with Crippen molar-refractivity contribution in [2.24, 2.45) is 10.7 Å². The Hall–Kier alpha value is -2.19. The van der Waals surface area contributed by atoms with E-state index in [4.69, 9.17) is 16.9 Å². The zero-order chi connectivity index (χ0) is 14.7. The molecule has 1 heterocycles. The lowest BCUT2D eigenvalue weighted by Crippen LogP contribution is -2.01. The van der Waals surface area contributed by atoms with Crippen LogP contribution < -0.4 is 10.5 Å². The molecule has 1 aliphatic rings. The molecule has 0 aliphatic carbocycles. The van der Waals surface area contributed by atoms with Gasteiger partial charge in [0.1, 0.15) is 12.4 Å². The Morgan fingerprint density at radius 2 is 2.25 bits per heavy atom. The van der Waals surface area contributed by atoms with Gasteiger partial charge in [-0.15, -0.1) is 6.42 Å². The number of thioether (sulfide) groups is 1. The highest BCUT2D eigenvalue weighted by Crippen LogP contribution is 2.32. The van der Waals surface area contributed by atoms with Crippen LogP contribution in [-0.2, 0) is 4.79 Å². The molecule has 0 fully saturated rings. The molecule has 1 aromatic rings. The predicted molar refractivity (Wildman–Crippen MR) is 82.4 cm³/mol. The smallest absolute Gasteiger partial charge is 0.286 e. The van der Waals surface area contributed by atoms with Crippen molar-refractivity contribution in [2.45, 2.75) is 13.8 Å². The van der Waals surface area contributed by atoms with Crippen molar-refractivity contribution in [2.75, 3.05) is 6.61 Å². The van der Waals surface area contributed by atoms with Crippen molar-refractivity contribution >= 4 is 28.9 Å². The van der Waals surface area contributed by atoms with E-state index in [-0.39, 0.29) is 17.7 Å². The molecular formula is C15H14N2O2S. The van der Waals surface area contributed by atoms with Crippen molar-refractivity contribution in [3.05, 3.63) is 33.7 Å². The van der Waals surface area contributed by atoms with E-state index in [1.165, 1.54) is 0 Å². The van der Waals surface area contributed by atoms with Crippen LogP contribution in [0.15, 0.2) is 22.0 Å². The first kappa shape index (κ1) is 14.2. The summed E-state index contributed by atoms with van der Waals surface area (Å²) in [6, 6.07) is 3.94. The number of ether oxygens (including phenoxy) is 1. The van der Waals surface area contributed by atoms with Gasteiger partial charge < -0.3 is 10.5 Å². The SMILES string of the molecule is C#CCOc1c(C)cc(C)cc1C=C1SC(N)=NC1=O. The van der Waals surface area contributed by atoms with Gasteiger partial charge in [-0.25, -0.2) is 0 Å². The number of aryl methyl sites for hydroxylation is 2. The second kappa shape index (κ2) is 5.85. The van der Waals surface area contributed by atoms with Crippen molar-refractivity contribution in [3.8, 4) is 18.1 Å². The number of nitrogens with two attached hydrogens (primary N) is 1. The van der Waals surface area contributed by atoms with Crippen LogP contribution in [0.1, 0.15) is 16.7 Å². The molecule has 5 heteroatoms. The number of amides is 1. The van der Waals surface area contributed by atoms with Gasteiger partial charge in [0.2, 0.25) is 0 Å². The van der Waals surface area contributed by atoms with E-state index in [0.29, 0.717) is 10.7 Å². The molecule has 0 saturated heterocycles. The molecule has 4 nitrogen and oxygen atoms in total. The molecule has 0 atom stereocenters. The molecule has 0 spiro atoms. The Morgan fingerprint density at radius 3 is 2.85 bits per heavy atom. The zero-order valence-electron chi connectivity index (χ0n) is 11.3. The van der Waals surface area contributed by atoms with Gasteiger partial charge in [0.15, 0.2) is 5.17 Å². The van der Waals surface area contributed by atoms with E-state index in [1.54, 1.807) is 6.08 Å². The Labute approximate surface area is 122 Å². The van der Waals surface area contributed by atoms with Crippen molar-refractivity contribution in [1.29, 1.82) is 0 Å². The number of carbonyl (C=O) groups is 1. The zero-order valence-corrected chi connectivity index (χ0v) is 12.1. The van der Waals surface area contributed by atoms with Gasteiger partial charge in [0.25, 0.3) is 5.91 Å². The van der Waals surface area contributed by atoms with Gasteiger partial charge in [-0.1, -0.05) is 17.6 Å². The third-order valence-corrected chi connectivity index (χ3v) is 3.48. The summed E-state index contributed by atoms with van der Waals surface area (Å²) in [6.07, 6.45) is 6.97. The summed E-state index contributed by atoms with van der Waals surface area (Å²) in [7, 11) is 0. The number of rotatable bonds is 3. The van der Waals surface area contributed by atoms with Gasteiger partial charge in [-0.3, -0.25) is 4.79 Å². The second-order valence-electron chi connectivity index (χ2n) is 4.36. The fourth-order valence-electron chi connectivity index (χ4n) is 1.97. The quantitative estimate of drug-likeness (QED) is 0.683. The molecule has 2 rings (SSSR count). The molecule has 0 radical (unpaired) electrons. The highest BCUT2D eigenvalue weighted by atomic mass is 32.2. The Morgan fingerprint density at radius 1 is 1.50 bits per heavy atom. The fraction of sp³-hybridized carbons (Fsp3) is 0.200. The summed E-state index contributed by atoms with van der Waals surface area (Å²) in [5, 5.41) is 0.261. The Kier molecular flexibility index (Phi) is 4.16. The highest BCUT2D eigenvalue weighted by Gasteiger charge is 2.20. The molecule has 0 bridgehead atoms. The summed E-state index contributed by atoms with van der Waals surface area (Å²) in [4.78, 5) is 15.8. The van der Waals surface area contributed by atoms with Crippen LogP contribution in [0.2, 0.25) is 0 Å². The maximum Gasteiger partial charge on any atom is 0.286 e. The summed E-state index contributed by atoms with van der Waals surface area (Å²) < 4.78 is 5.57. The van der Waals surface area contributed by atoms with Crippen molar-refractivity contribution in [1.82, 2.24) is 0 Å². The number of hydrogen-bond acceptors (Lipinski definition) is 4. The number of nitrogens with zero attached hydrogens (tertiary/aromatic N) is 1. The minimum Gasteiger partial charge on any atom is -0.480 e. The number of benzene rings is 1.